The van der Waals surface area contributed by atoms with Crippen molar-refractivity contribution < 1.29 is 14.3 Å². The standard InChI is InChI=1S/C12H16BrNO3/c1-4-5-14-12(15)8-6-10(16-2)11(17-3)7-9(8)13/h6-7H,4-5H2,1-3H3,(H,14,15). The molecule has 1 aromatic carbocycles. The van der Waals surface area contributed by atoms with Gasteiger partial charge in [0, 0.05) is 11.0 Å². The fourth-order valence-corrected chi connectivity index (χ4v) is 1.86. The summed E-state index contributed by atoms with van der Waals surface area (Å²) in [7, 11) is 3.10. The van der Waals surface area contributed by atoms with Crippen LogP contribution in [0.4, 0.5) is 0 Å². The first-order chi connectivity index (χ1) is 8.13. The molecule has 0 spiro atoms. The minimum atomic E-state index is -0.125. The Morgan fingerprint density at radius 2 is 1.88 bits per heavy atom. The molecular formula is C12H16BrNO3. The summed E-state index contributed by atoms with van der Waals surface area (Å²) in [6.45, 7) is 2.66. The van der Waals surface area contributed by atoms with Gasteiger partial charge in [0.1, 0.15) is 0 Å². The minimum absolute atomic E-state index is 0.125. The molecule has 1 amide bonds. The van der Waals surface area contributed by atoms with Crippen LogP contribution in [0.2, 0.25) is 0 Å². The van der Waals surface area contributed by atoms with Gasteiger partial charge in [0.25, 0.3) is 5.91 Å². The number of benzene rings is 1. The molecule has 1 N–H and O–H groups in total. The number of carbonyl (C=O) groups excluding carboxylic acids is 1. The van der Waals surface area contributed by atoms with E-state index in [1.54, 1.807) is 26.4 Å². The summed E-state index contributed by atoms with van der Waals surface area (Å²) in [6, 6.07) is 3.38. The van der Waals surface area contributed by atoms with Crippen LogP contribution in [0.15, 0.2) is 16.6 Å². The van der Waals surface area contributed by atoms with Gasteiger partial charge in [-0.2, -0.15) is 0 Å². The number of nitrogens with one attached hydrogen (secondary N) is 1. The molecule has 1 aromatic rings. The van der Waals surface area contributed by atoms with Crippen molar-refractivity contribution in [1.29, 1.82) is 0 Å². The van der Waals surface area contributed by atoms with Gasteiger partial charge in [0.05, 0.1) is 19.8 Å². The van der Waals surface area contributed by atoms with E-state index in [4.69, 9.17) is 9.47 Å². The molecule has 4 nitrogen and oxygen atoms in total. The number of carbonyl (C=O) groups is 1. The quantitative estimate of drug-likeness (QED) is 0.909. The lowest BCUT2D eigenvalue weighted by molar-refractivity contribution is 0.0952. The van der Waals surface area contributed by atoms with Crippen LogP contribution in [0.5, 0.6) is 11.5 Å². The van der Waals surface area contributed by atoms with E-state index < -0.39 is 0 Å². The molecule has 0 heterocycles. The third kappa shape index (κ3) is 3.36. The van der Waals surface area contributed by atoms with Gasteiger partial charge in [-0.25, -0.2) is 0 Å². The van der Waals surface area contributed by atoms with E-state index in [2.05, 4.69) is 21.2 Å². The number of methoxy groups -OCH3 is 2. The molecule has 0 aliphatic heterocycles. The van der Waals surface area contributed by atoms with Crippen LogP contribution in [0, 0.1) is 0 Å². The maximum atomic E-state index is 11.9. The molecular weight excluding hydrogens is 286 g/mol. The van der Waals surface area contributed by atoms with E-state index in [1.165, 1.54) is 0 Å². The van der Waals surface area contributed by atoms with Crippen molar-refractivity contribution in [2.45, 2.75) is 13.3 Å². The number of hydrogen-bond donors (Lipinski definition) is 1. The third-order valence-electron chi connectivity index (χ3n) is 2.25. The van der Waals surface area contributed by atoms with Crippen molar-refractivity contribution in [3.05, 3.63) is 22.2 Å². The second kappa shape index (κ2) is 6.49. The second-order valence-corrected chi connectivity index (χ2v) is 4.30. The Morgan fingerprint density at radius 3 is 2.41 bits per heavy atom. The van der Waals surface area contributed by atoms with Crippen molar-refractivity contribution in [3.63, 3.8) is 0 Å². The fourth-order valence-electron chi connectivity index (χ4n) is 1.36. The molecule has 0 aromatic heterocycles. The molecule has 94 valence electrons. The Balaban J connectivity index is 3.03. The average molecular weight is 302 g/mol. The van der Waals surface area contributed by atoms with Crippen LogP contribution >= 0.6 is 15.9 Å². The van der Waals surface area contributed by atoms with E-state index in [0.29, 0.717) is 28.1 Å². The van der Waals surface area contributed by atoms with Gasteiger partial charge in [-0.3, -0.25) is 4.79 Å². The summed E-state index contributed by atoms with van der Waals surface area (Å²) >= 11 is 3.35. The van der Waals surface area contributed by atoms with Crippen molar-refractivity contribution in [3.8, 4) is 11.5 Å². The van der Waals surface area contributed by atoms with Gasteiger partial charge in [-0.15, -0.1) is 0 Å². The normalized spacial score (nSPS) is 9.88. The van der Waals surface area contributed by atoms with Gasteiger partial charge in [-0.1, -0.05) is 6.92 Å². The minimum Gasteiger partial charge on any atom is -0.493 e. The zero-order valence-corrected chi connectivity index (χ0v) is 11.8. The zero-order chi connectivity index (χ0) is 12.8. The fraction of sp³-hybridized carbons (Fsp3) is 0.417. The molecule has 0 radical (unpaired) electrons. The highest BCUT2D eigenvalue weighted by atomic mass is 79.9. The zero-order valence-electron chi connectivity index (χ0n) is 10.2. The topological polar surface area (TPSA) is 47.6 Å². The number of rotatable bonds is 5. The van der Waals surface area contributed by atoms with Crippen LogP contribution in [-0.2, 0) is 0 Å². The Kier molecular flexibility index (Phi) is 5.28. The maximum Gasteiger partial charge on any atom is 0.252 e. The summed E-state index contributed by atoms with van der Waals surface area (Å²) in [5.41, 5.74) is 0.538. The molecule has 0 saturated heterocycles. The number of hydrogen-bond acceptors (Lipinski definition) is 3. The van der Waals surface area contributed by atoms with Crippen molar-refractivity contribution in [2.75, 3.05) is 20.8 Å². The van der Waals surface area contributed by atoms with Gasteiger partial charge in [0.15, 0.2) is 11.5 Å². The molecule has 1 rings (SSSR count). The highest BCUT2D eigenvalue weighted by molar-refractivity contribution is 9.10. The Labute approximate surface area is 109 Å². The smallest absolute Gasteiger partial charge is 0.252 e. The van der Waals surface area contributed by atoms with Crippen molar-refractivity contribution in [1.82, 2.24) is 5.32 Å². The van der Waals surface area contributed by atoms with Crippen LogP contribution in [0.1, 0.15) is 23.7 Å². The Morgan fingerprint density at radius 1 is 1.29 bits per heavy atom. The Hall–Kier alpha value is -1.23. The lowest BCUT2D eigenvalue weighted by Crippen LogP contribution is -2.24. The molecule has 0 atom stereocenters. The molecule has 17 heavy (non-hydrogen) atoms. The first-order valence-electron chi connectivity index (χ1n) is 5.33. The van der Waals surface area contributed by atoms with Gasteiger partial charge in [-0.05, 0) is 34.5 Å². The first kappa shape index (κ1) is 13.8. The highest BCUT2D eigenvalue weighted by Gasteiger charge is 2.14. The molecule has 0 unspecified atom stereocenters. The van der Waals surface area contributed by atoms with Crippen LogP contribution in [0.25, 0.3) is 0 Å². The largest absolute Gasteiger partial charge is 0.493 e. The van der Waals surface area contributed by atoms with E-state index >= 15 is 0 Å². The van der Waals surface area contributed by atoms with Crippen molar-refractivity contribution >= 4 is 21.8 Å². The summed E-state index contributed by atoms with van der Waals surface area (Å²) in [4.78, 5) is 11.9. The third-order valence-corrected chi connectivity index (χ3v) is 2.91. The Bertz CT molecular complexity index is 407. The van der Waals surface area contributed by atoms with E-state index in [-0.39, 0.29) is 5.91 Å². The van der Waals surface area contributed by atoms with E-state index in [1.807, 2.05) is 6.92 Å². The SMILES string of the molecule is CCCNC(=O)c1cc(OC)c(OC)cc1Br. The molecule has 0 saturated carbocycles. The molecule has 0 fully saturated rings. The molecule has 5 heteroatoms. The molecule has 0 aliphatic carbocycles. The number of amides is 1. The van der Waals surface area contributed by atoms with Crippen LogP contribution in [0.3, 0.4) is 0 Å². The number of halogens is 1. The molecule has 0 aliphatic rings. The highest BCUT2D eigenvalue weighted by Crippen LogP contribution is 2.33. The van der Waals surface area contributed by atoms with Gasteiger partial charge in [0.2, 0.25) is 0 Å². The van der Waals surface area contributed by atoms with Gasteiger partial charge >= 0.3 is 0 Å². The summed E-state index contributed by atoms with van der Waals surface area (Å²) < 4.78 is 11.0. The predicted octanol–water partition coefficient (Wildman–Crippen LogP) is 2.61. The second-order valence-electron chi connectivity index (χ2n) is 3.44. The summed E-state index contributed by atoms with van der Waals surface area (Å²) in [5.74, 6) is 1.00. The van der Waals surface area contributed by atoms with Crippen LogP contribution < -0.4 is 14.8 Å². The first-order valence-corrected chi connectivity index (χ1v) is 6.13. The van der Waals surface area contributed by atoms with Crippen LogP contribution in [-0.4, -0.2) is 26.7 Å². The average Bonchev–Trinajstić information content (AvgIpc) is 2.35. The maximum absolute atomic E-state index is 11.9. The van der Waals surface area contributed by atoms with Gasteiger partial charge < -0.3 is 14.8 Å². The van der Waals surface area contributed by atoms with Crippen molar-refractivity contribution in [2.24, 2.45) is 0 Å². The van der Waals surface area contributed by atoms with E-state index in [0.717, 1.165) is 6.42 Å². The number of ether oxygens (including phenoxy) is 2. The monoisotopic (exact) mass is 301 g/mol. The summed E-state index contributed by atoms with van der Waals surface area (Å²) in [6.07, 6.45) is 0.899. The summed E-state index contributed by atoms with van der Waals surface area (Å²) in [5, 5.41) is 2.81. The lowest BCUT2D eigenvalue weighted by Gasteiger charge is -2.11. The lowest BCUT2D eigenvalue weighted by atomic mass is 10.2. The predicted molar refractivity (Wildman–Crippen MR) is 69.9 cm³/mol. The van der Waals surface area contributed by atoms with E-state index in [9.17, 15) is 4.79 Å². The molecule has 0 bridgehead atoms.